The molecule has 0 radical (unpaired) electrons. The number of nitrogens with zero attached hydrogens (tertiary/aromatic N) is 2. The van der Waals surface area contributed by atoms with Crippen molar-refractivity contribution < 1.29 is 9.47 Å². The van der Waals surface area contributed by atoms with Gasteiger partial charge in [-0.3, -0.25) is 0 Å². The Labute approximate surface area is 145 Å². The van der Waals surface area contributed by atoms with E-state index in [4.69, 9.17) is 27.4 Å². The van der Waals surface area contributed by atoms with E-state index in [0.29, 0.717) is 35.8 Å². The summed E-state index contributed by atoms with van der Waals surface area (Å²) >= 11 is 5.18. The second kappa shape index (κ2) is 7.49. The molecule has 2 aromatic rings. The topological polar surface area (TPSA) is 108 Å². The summed E-state index contributed by atoms with van der Waals surface area (Å²) in [6.07, 6.45) is 0. The fourth-order valence-corrected chi connectivity index (χ4v) is 2.61. The average molecular weight is 340 g/mol. The molecule has 1 aromatic carbocycles. The van der Waals surface area contributed by atoms with Gasteiger partial charge in [0.15, 0.2) is 0 Å². The van der Waals surface area contributed by atoms with E-state index in [9.17, 15) is 10.5 Å². The molecule has 122 valence electrons. The average Bonchev–Trinajstić information content (AvgIpc) is 2.55. The van der Waals surface area contributed by atoms with Crippen molar-refractivity contribution in [2.24, 2.45) is 0 Å². The van der Waals surface area contributed by atoms with Crippen LogP contribution in [0.1, 0.15) is 25.0 Å². The van der Waals surface area contributed by atoms with Gasteiger partial charge in [-0.1, -0.05) is 12.2 Å². The largest absolute Gasteiger partial charge is 0.494 e. The Kier molecular flexibility index (Phi) is 5.41. The van der Waals surface area contributed by atoms with Crippen molar-refractivity contribution in [2.45, 2.75) is 13.8 Å². The summed E-state index contributed by atoms with van der Waals surface area (Å²) in [6, 6.07) is 9.29. The molecule has 0 aliphatic heterocycles. The van der Waals surface area contributed by atoms with Gasteiger partial charge in [0.2, 0.25) is 0 Å². The summed E-state index contributed by atoms with van der Waals surface area (Å²) in [7, 11) is 0. The fourth-order valence-electron chi connectivity index (χ4n) is 2.35. The minimum atomic E-state index is 0.118. The van der Waals surface area contributed by atoms with Crippen molar-refractivity contribution in [1.29, 1.82) is 10.5 Å². The van der Waals surface area contributed by atoms with Gasteiger partial charge in [0.25, 0.3) is 0 Å². The SMILES string of the molecule is CCOc1ccc(-c2c(C#N)c(N)[nH]c(=S)c2C#N)c(OCC)c1. The smallest absolute Gasteiger partial charge is 0.130 e. The molecule has 0 saturated carbocycles. The van der Waals surface area contributed by atoms with Crippen LogP contribution in [0.2, 0.25) is 0 Å². The molecule has 0 saturated heterocycles. The molecule has 0 atom stereocenters. The summed E-state index contributed by atoms with van der Waals surface area (Å²) in [6.45, 7) is 4.66. The predicted molar refractivity (Wildman–Crippen MR) is 93.2 cm³/mol. The van der Waals surface area contributed by atoms with Gasteiger partial charge in [-0.2, -0.15) is 10.5 Å². The highest BCUT2D eigenvalue weighted by atomic mass is 32.1. The first-order valence-corrected chi connectivity index (χ1v) is 7.74. The van der Waals surface area contributed by atoms with Gasteiger partial charge in [0.1, 0.15) is 39.7 Å². The molecule has 0 bridgehead atoms. The number of hydrogen-bond donors (Lipinski definition) is 2. The van der Waals surface area contributed by atoms with Crippen LogP contribution in [0.25, 0.3) is 11.1 Å². The highest BCUT2D eigenvalue weighted by Gasteiger charge is 2.20. The number of nitrogens with two attached hydrogens (primary N) is 1. The van der Waals surface area contributed by atoms with Gasteiger partial charge in [-0.05, 0) is 26.0 Å². The molecule has 1 heterocycles. The maximum atomic E-state index is 9.48. The van der Waals surface area contributed by atoms with Crippen molar-refractivity contribution in [3.63, 3.8) is 0 Å². The number of nitrogen functional groups attached to an aromatic ring is 1. The summed E-state index contributed by atoms with van der Waals surface area (Å²) in [5.74, 6) is 1.25. The standard InChI is InChI=1S/C17H16N4O2S/c1-3-22-10-5-6-11(14(7-10)23-4-2)15-12(8-18)16(20)21-17(24)13(15)9-19/h5-7H,3-4H2,1-2H3,(H3,20,21,24). The molecule has 0 aliphatic rings. The van der Waals surface area contributed by atoms with E-state index >= 15 is 0 Å². The summed E-state index contributed by atoms with van der Waals surface area (Å²) in [4.78, 5) is 2.68. The third-order valence-corrected chi connectivity index (χ3v) is 3.61. The van der Waals surface area contributed by atoms with Crippen LogP contribution >= 0.6 is 12.2 Å². The van der Waals surface area contributed by atoms with Gasteiger partial charge in [-0.25, -0.2) is 0 Å². The number of nitrogens with one attached hydrogen (secondary N) is 1. The number of rotatable bonds is 5. The molecule has 3 N–H and O–H groups in total. The lowest BCUT2D eigenvalue weighted by Gasteiger charge is -2.15. The van der Waals surface area contributed by atoms with Crippen LogP contribution in [0, 0.1) is 27.3 Å². The van der Waals surface area contributed by atoms with Crippen LogP contribution in [0.15, 0.2) is 18.2 Å². The summed E-state index contributed by atoms with van der Waals surface area (Å²) < 4.78 is 11.3. The van der Waals surface area contributed by atoms with Gasteiger partial charge in [-0.15, -0.1) is 0 Å². The van der Waals surface area contributed by atoms with E-state index in [-0.39, 0.29) is 21.6 Å². The molecule has 0 unspecified atom stereocenters. The fraction of sp³-hybridized carbons (Fsp3) is 0.235. The lowest BCUT2D eigenvalue weighted by Crippen LogP contribution is -2.03. The van der Waals surface area contributed by atoms with Gasteiger partial charge in [0.05, 0.1) is 18.8 Å². The molecule has 7 heteroatoms. The highest BCUT2D eigenvalue weighted by Crippen LogP contribution is 2.38. The van der Waals surface area contributed by atoms with Crippen molar-refractivity contribution >= 4 is 18.0 Å². The number of pyridine rings is 1. The maximum Gasteiger partial charge on any atom is 0.130 e. The first-order valence-electron chi connectivity index (χ1n) is 7.33. The maximum absolute atomic E-state index is 9.48. The Morgan fingerprint density at radius 3 is 2.38 bits per heavy atom. The van der Waals surface area contributed by atoms with E-state index in [1.165, 1.54) is 0 Å². The molecule has 6 nitrogen and oxygen atoms in total. The monoisotopic (exact) mass is 340 g/mol. The second-order valence-corrected chi connectivity index (χ2v) is 5.15. The summed E-state index contributed by atoms with van der Waals surface area (Å²) in [5.41, 5.74) is 7.15. The summed E-state index contributed by atoms with van der Waals surface area (Å²) in [5, 5.41) is 19.0. The zero-order chi connectivity index (χ0) is 17.7. The zero-order valence-electron chi connectivity index (χ0n) is 13.3. The Bertz CT molecular complexity index is 907. The number of aromatic amines is 1. The van der Waals surface area contributed by atoms with Crippen LogP contribution in [0.3, 0.4) is 0 Å². The van der Waals surface area contributed by atoms with E-state index in [0.717, 1.165) is 0 Å². The van der Waals surface area contributed by atoms with Gasteiger partial charge >= 0.3 is 0 Å². The normalized spacial score (nSPS) is 9.83. The minimum Gasteiger partial charge on any atom is -0.494 e. The number of ether oxygens (including phenoxy) is 2. The Balaban J connectivity index is 2.83. The molecule has 24 heavy (non-hydrogen) atoms. The number of benzene rings is 1. The number of hydrogen-bond acceptors (Lipinski definition) is 6. The van der Waals surface area contributed by atoms with Crippen LogP contribution in [-0.2, 0) is 0 Å². The van der Waals surface area contributed by atoms with Gasteiger partial charge < -0.3 is 20.2 Å². The highest BCUT2D eigenvalue weighted by molar-refractivity contribution is 7.71. The molecule has 0 spiro atoms. The quantitative estimate of drug-likeness (QED) is 0.806. The van der Waals surface area contributed by atoms with E-state index < -0.39 is 0 Å². The zero-order valence-corrected chi connectivity index (χ0v) is 14.2. The van der Waals surface area contributed by atoms with E-state index in [1.54, 1.807) is 18.2 Å². The molecule has 0 aliphatic carbocycles. The number of anilines is 1. The first-order chi connectivity index (χ1) is 11.6. The number of aromatic nitrogens is 1. The number of H-pyrrole nitrogens is 1. The van der Waals surface area contributed by atoms with Crippen molar-refractivity contribution in [3.8, 4) is 34.8 Å². The van der Waals surface area contributed by atoms with Crippen LogP contribution < -0.4 is 15.2 Å². The third kappa shape index (κ3) is 3.17. The molecular weight excluding hydrogens is 324 g/mol. The van der Waals surface area contributed by atoms with Crippen LogP contribution in [-0.4, -0.2) is 18.2 Å². The van der Waals surface area contributed by atoms with Crippen molar-refractivity contribution in [1.82, 2.24) is 4.98 Å². The Morgan fingerprint density at radius 1 is 1.12 bits per heavy atom. The van der Waals surface area contributed by atoms with Crippen molar-refractivity contribution in [2.75, 3.05) is 18.9 Å². The molecule has 0 amide bonds. The van der Waals surface area contributed by atoms with E-state index in [2.05, 4.69) is 4.98 Å². The Morgan fingerprint density at radius 2 is 1.79 bits per heavy atom. The first kappa shape index (κ1) is 17.3. The second-order valence-electron chi connectivity index (χ2n) is 4.74. The predicted octanol–water partition coefficient (Wildman–Crippen LogP) is 3.53. The van der Waals surface area contributed by atoms with E-state index in [1.807, 2.05) is 26.0 Å². The molecular formula is C17H16N4O2S. The third-order valence-electron chi connectivity index (χ3n) is 3.30. The van der Waals surface area contributed by atoms with Crippen LogP contribution in [0.5, 0.6) is 11.5 Å². The Hall–Kier alpha value is -3.03. The molecule has 0 fully saturated rings. The van der Waals surface area contributed by atoms with Crippen LogP contribution in [0.4, 0.5) is 5.82 Å². The minimum absolute atomic E-state index is 0.118. The molecule has 1 aromatic heterocycles. The number of nitriles is 2. The molecule has 2 rings (SSSR count). The van der Waals surface area contributed by atoms with Crippen molar-refractivity contribution in [3.05, 3.63) is 34.0 Å². The lowest BCUT2D eigenvalue weighted by molar-refractivity contribution is 0.324. The lowest BCUT2D eigenvalue weighted by atomic mass is 9.96. The van der Waals surface area contributed by atoms with Gasteiger partial charge in [0, 0.05) is 17.2 Å².